The molecule has 0 amide bonds. The van der Waals surface area contributed by atoms with Crippen LogP contribution in [-0.4, -0.2) is 18.3 Å². The molecule has 0 aliphatic heterocycles. The smallest absolute Gasteiger partial charge is 0.0406 e. The van der Waals surface area contributed by atoms with Crippen LogP contribution in [0.25, 0.3) is 0 Å². The molecule has 1 atom stereocenters. The van der Waals surface area contributed by atoms with Crippen molar-refractivity contribution in [3.8, 4) is 0 Å². The molecule has 20 heavy (non-hydrogen) atoms. The van der Waals surface area contributed by atoms with E-state index in [2.05, 4.69) is 24.4 Å². The van der Waals surface area contributed by atoms with Crippen molar-refractivity contribution < 1.29 is 0 Å². The molecule has 1 aliphatic rings. The van der Waals surface area contributed by atoms with Gasteiger partial charge in [-0.3, -0.25) is 0 Å². The fraction of sp³-hybridized carbons (Fsp3) is 0.647. The normalized spacial score (nSPS) is 17.5. The molecular formula is C17H26ClNS. The summed E-state index contributed by atoms with van der Waals surface area (Å²) in [5.41, 5.74) is 0. The molecule has 0 spiro atoms. The molecule has 0 heterocycles. The average Bonchev–Trinajstić information content (AvgIpc) is 2.96. The standard InChI is InChI=1S/C17H26ClNS/c1-2-11-19-16(12-14-5-3-4-6-14)13-20-17-9-7-15(18)8-10-17/h7-10,14,16,19H,2-6,11-13H2,1H3. The first-order chi connectivity index (χ1) is 9.78. The first-order valence-corrected chi connectivity index (χ1v) is 9.26. The summed E-state index contributed by atoms with van der Waals surface area (Å²) >= 11 is 7.88. The lowest BCUT2D eigenvalue weighted by molar-refractivity contribution is 0.410. The lowest BCUT2D eigenvalue weighted by Gasteiger charge is -2.21. The van der Waals surface area contributed by atoms with E-state index in [9.17, 15) is 0 Å². The summed E-state index contributed by atoms with van der Waals surface area (Å²) in [5, 5.41) is 4.55. The maximum absolute atomic E-state index is 5.93. The molecule has 1 aliphatic carbocycles. The van der Waals surface area contributed by atoms with E-state index in [4.69, 9.17) is 11.6 Å². The van der Waals surface area contributed by atoms with Crippen molar-refractivity contribution >= 4 is 23.4 Å². The fourth-order valence-corrected chi connectivity index (χ4v) is 4.04. The molecule has 0 radical (unpaired) electrons. The fourth-order valence-electron chi connectivity index (χ4n) is 2.93. The van der Waals surface area contributed by atoms with Crippen LogP contribution in [0, 0.1) is 5.92 Å². The van der Waals surface area contributed by atoms with Crippen molar-refractivity contribution in [2.75, 3.05) is 12.3 Å². The minimum atomic E-state index is 0.652. The quantitative estimate of drug-likeness (QED) is 0.647. The van der Waals surface area contributed by atoms with Crippen molar-refractivity contribution in [2.45, 2.75) is 56.4 Å². The van der Waals surface area contributed by atoms with Crippen LogP contribution in [0.3, 0.4) is 0 Å². The number of halogens is 1. The van der Waals surface area contributed by atoms with Gasteiger partial charge in [0.05, 0.1) is 0 Å². The van der Waals surface area contributed by atoms with E-state index in [1.54, 1.807) is 0 Å². The van der Waals surface area contributed by atoms with Crippen LogP contribution < -0.4 is 5.32 Å². The zero-order valence-electron chi connectivity index (χ0n) is 12.4. The molecular weight excluding hydrogens is 286 g/mol. The summed E-state index contributed by atoms with van der Waals surface area (Å²) in [6.45, 7) is 3.38. The van der Waals surface area contributed by atoms with E-state index in [1.807, 2.05) is 23.9 Å². The van der Waals surface area contributed by atoms with E-state index >= 15 is 0 Å². The van der Waals surface area contributed by atoms with Crippen LogP contribution in [0.5, 0.6) is 0 Å². The molecule has 1 N–H and O–H groups in total. The van der Waals surface area contributed by atoms with E-state index in [0.717, 1.165) is 23.2 Å². The lowest BCUT2D eigenvalue weighted by Crippen LogP contribution is -2.33. The number of thioether (sulfide) groups is 1. The highest BCUT2D eigenvalue weighted by molar-refractivity contribution is 7.99. The van der Waals surface area contributed by atoms with Gasteiger partial charge in [0.25, 0.3) is 0 Å². The summed E-state index contributed by atoms with van der Waals surface area (Å²) in [5.74, 6) is 2.12. The Morgan fingerprint density at radius 1 is 1.25 bits per heavy atom. The Morgan fingerprint density at radius 2 is 1.95 bits per heavy atom. The predicted octanol–water partition coefficient (Wildman–Crippen LogP) is 5.38. The largest absolute Gasteiger partial charge is 0.313 e. The SMILES string of the molecule is CCCNC(CSc1ccc(Cl)cc1)CC1CCCC1. The number of nitrogens with one attached hydrogen (secondary N) is 1. The monoisotopic (exact) mass is 311 g/mol. The molecule has 1 aromatic rings. The van der Waals surface area contributed by atoms with E-state index < -0.39 is 0 Å². The summed E-state index contributed by atoms with van der Waals surface area (Å²) < 4.78 is 0. The van der Waals surface area contributed by atoms with Gasteiger partial charge in [-0.05, 0) is 49.6 Å². The van der Waals surface area contributed by atoms with Gasteiger partial charge in [0.1, 0.15) is 0 Å². The van der Waals surface area contributed by atoms with Crippen molar-refractivity contribution in [2.24, 2.45) is 5.92 Å². The number of hydrogen-bond acceptors (Lipinski definition) is 2. The first kappa shape index (κ1) is 16.2. The Labute approximate surface area is 132 Å². The Morgan fingerprint density at radius 3 is 2.60 bits per heavy atom. The van der Waals surface area contributed by atoms with Gasteiger partial charge < -0.3 is 5.32 Å². The van der Waals surface area contributed by atoms with Gasteiger partial charge in [0.2, 0.25) is 0 Å². The van der Waals surface area contributed by atoms with Gasteiger partial charge in [0, 0.05) is 21.7 Å². The van der Waals surface area contributed by atoms with Gasteiger partial charge in [0.15, 0.2) is 0 Å². The third kappa shape index (κ3) is 5.67. The summed E-state index contributed by atoms with van der Waals surface area (Å²) in [7, 11) is 0. The molecule has 2 rings (SSSR count). The molecule has 3 heteroatoms. The number of hydrogen-bond donors (Lipinski definition) is 1. The minimum Gasteiger partial charge on any atom is -0.313 e. The molecule has 0 saturated heterocycles. The van der Waals surface area contributed by atoms with Crippen LogP contribution >= 0.6 is 23.4 Å². The second-order valence-corrected chi connectivity index (χ2v) is 7.33. The van der Waals surface area contributed by atoms with Crippen LogP contribution in [0.2, 0.25) is 5.02 Å². The highest BCUT2D eigenvalue weighted by atomic mass is 35.5. The van der Waals surface area contributed by atoms with Gasteiger partial charge in [-0.15, -0.1) is 11.8 Å². The summed E-state index contributed by atoms with van der Waals surface area (Å²) in [6, 6.07) is 8.86. The Bertz CT molecular complexity index is 373. The van der Waals surface area contributed by atoms with Crippen molar-refractivity contribution in [3.63, 3.8) is 0 Å². The predicted molar refractivity (Wildman–Crippen MR) is 90.8 cm³/mol. The molecule has 0 bridgehead atoms. The minimum absolute atomic E-state index is 0.652. The summed E-state index contributed by atoms with van der Waals surface area (Å²) in [4.78, 5) is 1.32. The Hall–Kier alpha value is -0.180. The second-order valence-electron chi connectivity index (χ2n) is 5.80. The van der Waals surface area contributed by atoms with Crippen LogP contribution in [-0.2, 0) is 0 Å². The van der Waals surface area contributed by atoms with Gasteiger partial charge in [-0.25, -0.2) is 0 Å². The highest BCUT2D eigenvalue weighted by Crippen LogP contribution is 2.30. The van der Waals surface area contributed by atoms with E-state index in [0.29, 0.717) is 6.04 Å². The highest BCUT2D eigenvalue weighted by Gasteiger charge is 2.19. The number of benzene rings is 1. The van der Waals surface area contributed by atoms with E-state index in [1.165, 1.54) is 43.4 Å². The van der Waals surface area contributed by atoms with Crippen LogP contribution in [0.1, 0.15) is 45.4 Å². The Balaban J connectivity index is 1.80. The van der Waals surface area contributed by atoms with Crippen molar-refractivity contribution in [3.05, 3.63) is 29.3 Å². The zero-order valence-corrected chi connectivity index (χ0v) is 14.0. The maximum atomic E-state index is 5.93. The molecule has 112 valence electrons. The Kier molecular flexibility index (Phi) is 7.26. The topological polar surface area (TPSA) is 12.0 Å². The van der Waals surface area contributed by atoms with Gasteiger partial charge in [-0.2, -0.15) is 0 Å². The maximum Gasteiger partial charge on any atom is 0.0406 e. The lowest BCUT2D eigenvalue weighted by atomic mass is 9.99. The van der Waals surface area contributed by atoms with E-state index in [-0.39, 0.29) is 0 Å². The van der Waals surface area contributed by atoms with Gasteiger partial charge >= 0.3 is 0 Å². The second kappa shape index (κ2) is 8.96. The number of rotatable bonds is 8. The molecule has 1 saturated carbocycles. The molecule has 0 aromatic heterocycles. The average molecular weight is 312 g/mol. The molecule has 1 unspecified atom stereocenters. The van der Waals surface area contributed by atoms with Crippen molar-refractivity contribution in [1.82, 2.24) is 5.32 Å². The van der Waals surface area contributed by atoms with Gasteiger partial charge in [-0.1, -0.05) is 44.2 Å². The van der Waals surface area contributed by atoms with Crippen LogP contribution in [0.4, 0.5) is 0 Å². The van der Waals surface area contributed by atoms with Crippen LogP contribution in [0.15, 0.2) is 29.2 Å². The summed E-state index contributed by atoms with van der Waals surface area (Å²) in [6.07, 6.45) is 8.32. The molecule has 1 nitrogen and oxygen atoms in total. The zero-order chi connectivity index (χ0) is 14.2. The van der Waals surface area contributed by atoms with Crippen molar-refractivity contribution in [1.29, 1.82) is 0 Å². The third-order valence-corrected chi connectivity index (χ3v) is 5.47. The first-order valence-electron chi connectivity index (χ1n) is 7.89. The molecule has 1 fully saturated rings. The molecule has 1 aromatic carbocycles. The third-order valence-electron chi connectivity index (χ3n) is 4.04.